The van der Waals surface area contributed by atoms with Gasteiger partial charge in [0.15, 0.2) is 5.60 Å². The predicted octanol–water partition coefficient (Wildman–Crippen LogP) is 5.50. The standard InChI is InChI=1S/C18H36O4/c1-6-8-10-12-14-18(16(19)20,15-13-11-9-7-2)22-21-17(3,4)5/h6-15H2,1-5H3,(H,19,20). The molecule has 0 aliphatic carbocycles. The number of unbranched alkanes of at least 4 members (excludes halogenated alkanes) is 6. The van der Waals surface area contributed by atoms with Crippen LogP contribution in [0, 0.1) is 0 Å². The zero-order chi connectivity index (χ0) is 17.1. The van der Waals surface area contributed by atoms with Gasteiger partial charge < -0.3 is 5.11 Å². The molecule has 132 valence electrons. The Morgan fingerprint density at radius 2 is 1.27 bits per heavy atom. The summed E-state index contributed by atoms with van der Waals surface area (Å²) in [6.07, 6.45) is 9.37. The Kier molecular flexibility index (Phi) is 10.7. The van der Waals surface area contributed by atoms with Crippen LogP contribution in [0.15, 0.2) is 0 Å². The second kappa shape index (κ2) is 11.0. The maximum atomic E-state index is 11.9. The summed E-state index contributed by atoms with van der Waals surface area (Å²) in [6, 6.07) is 0. The summed E-state index contributed by atoms with van der Waals surface area (Å²) in [5, 5.41) is 9.73. The Morgan fingerprint density at radius 1 is 0.818 bits per heavy atom. The minimum atomic E-state index is -1.20. The molecule has 0 radical (unpaired) electrons. The first-order chi connectivity index (χ1) is 10.3. The van der Waals surface area contributed by atoms with Gasteiger partial charge >= 0.3 is 5.97 Å². The number of aliphatic carboxylic acids is 1. The number of carbonyl (C=O) groups is 1. The average molecular weight is 316 g/mol. The van der Waals surface area contributed by atoms with Gasteiger partial charge in [0.2, 0.25) is 0 Å². The van der Waals surface area contributed by atoms with Crippen LogP contribution in [0.5, 0.6) is 0 Å². The molecule has 0 unspecified atom stereocenters. The van der Waals surface area contributed by atoms with E-state index in [-0.39, 0.29) is 0 Å². The van der Waals surface area contributed by atoms with Gasteiger partial charge in [-0.3, -0.25) is 0 Å². The van der Waals surface area contributed by atoms with Crippen molar-refractivity contribution in [1.82, 2.24) is 0 Å². The van der Waals surface area contributed by atoms with E-state index in [9.17, 15) is 9.90 Å². The minimum Gasteiger partial charge on any atom is -0.479 e. The molecule has 0 saturated heterocycles. The molecule has 0 amide bonds. The van der Waals surface area contributed by atoms with Crippen LogP contribution in [0.1, 0.15) is 98.8 Å². The van der Waals surface area contributed by atoms with E-state index in [0.717, 1.165) is 51.4 Å². The molecule has 0 atom stereocenters. The largest absolute Gasteiger partial charge is 0.479 e. The highest BCUT2D eigenvalue weighted by Crippen LogP contribution is 2.29. The van der Waals surface area contributed by atoms with Crippen molar-refractivity contribution in [2.45, 2.75) is 110 Å². The molecular formula is C18H36O4. The molecule has 0 rings (SSSR count). The topological polar surface area (TPSA) is 55.8 Å². The molecule has 0 heterocycles. The molecule has 0 aromatic carbocycles. The van der Waals surface area contributed by atoms with Crippen molar-refractivity contribution >= 4 is 5.97 Å². The van der Waals surface area contributed by atoms with Gasteiger partial charge in [-0.1, -0.05) is 52.4 Å². The molecule has 0 aliphatic heterocycles. The fourth-order valence-corrected chi connectivity index (χ4v) is 2.34. The van der Waals surface area contributed by atoms with Crippen LogP contribution < -0.4 is 0 Å². The van der Waals surface area contributed by atoms with Gasteiger partial charge in [0, 0.05) is 0 Å². The molecule has 0 saturated carbocycles. The lowest BCUT2D eigenvalue weighted by Gasteiger charge is -2.31. The summed E-state index contributed by atoms with van der Waals surface area (Å²) in [4.78, 5) is 22.8. The van der Waals surface area contributed by atoms with Crippen LogP contribution in [0.3, 0.4) is 0 Å². The molecule has 0 spiro atoms. The molecule has 4 nitrogen and oxygen atoms in total. The molecule has 0 aromatic heterocycles. The van der Waals surface area contributed by atoms with Gasteiger partial charge in [-0.2, -0.15) is 0 Å². The van der Waals surface area contributed by atoms with Crippen LogP contribution in [-0.2, 0) is 14.6 Å². The second-order valence-electron chi connectivity index (χ2n) is 7.20. The van der Waals surface area contributed by atoms with Gasteiger partial charge in [0.25, 0.3) is 0 Å². The third-order valence-electron chi connectivity index (χ3n) is 3.71. The molecule has 0 fully saturated rings. The van der Waals surface area contributed by atoms with Crippen molar-refractivity contribution in [3.05, 3.63) is 0 Å². The highest BCUT2D eigenvalue weighted by Gasteiger charge is 2.41. The van der Waals surface area contributed by atoms with Crippen molar-refractivity contribution in [1.29, 1.82) is 0 Å². The van der Waals surface area contributed by atoms with Gasteiger partial charge in [-0.15, -0.1) is 0 Å². The number of carboxylic acid groups (broad SMARTS) is 1. The normalized spacial score (nSPS) is 12.6. The Hall–Kier alpha value is -0.610. The molecule has 22 heavy (non-hydrogen) atoms. The van der Waals surface area contributed by atoms with Gasteiger partial charge in [-0.25, -0.2) is 14.6 Å². The summed E-state index contributed by atoms with van der Waals surface area (Å²) in [6.45, 7) is 9.90. The van der Waals surface area contributed by atoms with Crippen molar-refractivity contribution < 1.29 is 19.7 Å². The van der Waals surface area contributed by atoms with Crippen molar-refractivity contribution in [2.24, 2.45) is 0 Å². The Morgan fingerprint density at radius 3 is 1.59 bits per heavy atom. The highest BCUT2D eigenvalue weighted by molar-refractivity contribution is 5.77. The second-order valence-corrected chi connectivity index (χ2v) is 7.20. The molecule has 0 aliphatic rings. The maximum absolute atomic E-state index is 11.9. The lowest BCUT2D eigenvalue weighted by atomic mass is 9.90. The summed E-state index contributed by atoms with van der Waals surface area (Å²) < 4.78 is 0. The summed E-state index contributed by atoms with van der Waals surface area (Å²) in [5.74, 6) is -0.898. The molecular weight excluding hydrogens is 280 g/mol. The van der Waals surface area contributed by atoms with E-state index in [1.54, 1.807) is 0 Å². The maximum Gasteiger partial charge on any atom is 0.339 e. The van der Waals surface area contributed by atoms with Gasteiger partial charge in [0.05, 0.1) is 5.60 Å². The number of hydrogen-bond donors (Lipinski definition) is 1. The molecule has 0 aromatic rings. The summed E-state index contributed by atoms with van der Waals surface area (Å²) >= 11 is 0. The minimum absolute atomic E-state index is 0.506. The van der Waals surface area contributed by atoms with E-state index >= 15 is 0 Å². The number of hydrogen-bond acceptors (Lipinski definition) is 3. The third kappa shape index (κ3) is 9.42. The van der Waals surface area contributed by atoms with E-state index in [2.05, 4.69) is 13.8 Å². The van der Waals surface area contributed by atoms with Crippen LogP contribution in [0.4, 0.5) is 0 Å². The van der Waals surface area contributed by atoms with Gasteiger partial charge in [-0.05, 0) is 46.5 Å². The first-order valence-corrected chi connectivity index (χ1v) is 8.87. The predicted molar refractivity (Wildman–Crippen MR) is 89.8 cm³/mol. The van der Waals surface area contributed by atoms with Crippen LogP contribution >= 0.6 is 0 Å². The van der Waals surface area contributed by atoms with Crippen LogP contribution in [-0.4, -0.2) is 22.3 Å². The lowest BCUT2D eigenvalue weighted by molar-refractivity contribution is -0.399. The van der Waals surface area contributed by atoms with E-state index < -0.39 is 17.2 Å². The molecule has 1 N–H and O–H groups in total. The van der Waals surface area contributed by atoms with E-state index in [4.69, 9.17) is 9.78 Å². The van der Waals surface area contributed by atoms with Crippen molar-refractivity contribution in [2.75, 3.05) is 0 Å². The molecule has 0 bridgehead atoms. The zero-order valence-corrected chi connectivity index (χ0v) is 15.2. The van der Waals surface area contributed by atoms with Crippen molar-refractivity contribution in [3.8, 4) is 0 Å². The Bertz CT molecular complexity index is 282. The number of rotatable bonds is 13. The first-order valence-electron chi connectivity index (χ1n) is 8.87. The lowest BCUT2D eigenvalue weighted by Crippen LogP contribution is -2.43. The van der Waals surface area contributed by atoms with Crippen LogP contribution in [0.2, 0.25) is 0 Å². The third-order valence-corrected chi connectivity index (χ3v) is 3.71. The number of carboxylic acids is 1. The van der Waals surface area contributed by atoms with E-state index in [0.29, 0.717) is 12.8 Å². The van der Waals surface area contributed by atoms with E-state index in [1.807, 2.05) is 20.8 Å². The highest BCUT2D eigenvalue weighted by atomic mass is 17.2. The SMILES string of the molecule is CCCCCCC(CCCCCC)(OOC(C)(C)C)C(=O)O. The van der Waals surface area contributed by atoms with Gasteiger partial charge in [0.1, 0.15) is 0 Å². The smallest absolute Gasteiger partial charge is 0.339 e. The first kappa shape index (κ1) is 21.4. The fourth-order valence-electron chi connectivity index (χ4n) is 2.34. The fraction of sp³-hybridized carbons (Fsp3) is 0.944. The van der Waals surface area contributed by atoms with Crippen LogP contribution in [0.25, 0.3) is 0 Å². The monoisotopic (exact) mass is 316 g/mol. The van der Waals surface area contributed by atoms with E-state index in [1.165, 1.54) is 0 Å². The summed E-state index contributed by atoms with van der Waals surface area (Å²) in [5.41, 5.74) is -1.71. The molecule has 4 heteroatoms. The Balaban J connectivity index is 4.73. The average Bonchev–Trinajstić information content (AvgIpc) is 2.43. The van der Waals surface area contributed by atoms with Crippen molar-refractivity contribution in [3.63, 3.8) is 0 Å². The quantitative estimate of drug-likeness (QED) is 0.277. The summed E-state index contributed by atoms with van der Waals surface area (Å²) in [7, 11) is 0. The Labute approximate surface area is 136 Å². The zero-order valence-electron chi connectivity index (χ0n) is 15.2.